The normalized spacial score (nSPS) is 23.0. The second kappa shape index (κ2) is 7.01. The molecule has 1 amide bonds. The molecule has 1 N–H and O–H groups in total. The predicted molar refractivity (Wildman–Crippen MR) is 105 cm³/mol. The lowest BCUT2D eigenvalue weighted by atomic mass is 9.88. The average Bonchev–Trinajstić information content (AvgIpc) is 3.34. The third-order valence-electron chi connectivity index (χ3n) is 6.12. The van der Waals surface area contributed by atoms with Gasteiger partial charge in [0.05, 0.1) is 23.8 Å². The van der Waals surface area contributed by atoms with E-state index in [1.54, 1.807) is 18.3 Å². The number of nitrogens with zero attached hydrogens (tertiary/aromatic N) is 2. The van der Waals surface area contributed by atoms with Gasteiger partial charge in [0.15, 0.2) is 0 Å². The van der Waals surface area contributed by atoms with Crippen LogP contribution < -0.4 is 5.32 Å². The minimum absolute atomic E-state index is 0.0518. The molecule has 1 aliphatic heterocycles. The Morgan fingerprint density at radius 3 is 2.71 bits per heavy atom. The second-order valence-electron chi connectivity index (χ2n) is 7.71. The van der Waals surface area contributed by atoms with Crippen LogP contribution in [0.5, 0.6) is 0 Å². The maximum Gasteiger partial charge on any atom is 0.255 e. The molecule has 28 heavy (non-hydrogen) atoms. The fourth-order valence-electron chi connectivity index (χ4n) is 4.82. The number of hydrogen-bond acceptors (Lipinski definition) is 4. The van der Waals surface area contributed by atoms with Gasteiger partial charge in [-0.2, -0.15) is 0 Å². The van der Waals surface area contributed by atoms with Crippen molar-refractivity contribution in [2.24, 2.45) is 0 Å². The summed E-state index contributed by atoms with van der Waals surface area (Å²) in [6.07, 6.45) is 5.01. The second-order valence-corrected chi connectivity index (χ2v) is 8.12. The van der Waals surface area contributed by atoms with Crippen molar-refractivity contribution in [3.8, 4) is 0 Å². The summed E-state index contributed by atoms with van der Waals surface area (Å²) < 4.78 is 18.8. The zero-order valence-corrected chi connectivity index (χ0v) is 16.1. The van der Waals surface area contributed by atoms with Crippen LogP contribution >= 0.6 is 11.6 Å². The van der Waals surface area contributed by atoms with Crippen LogP contribution in [-0.4, -0.2) is 42.1 Å². The first-order valence-corrected chi connectivity index (χ1v) is 10.1. The number of ether oxygens (including phenoxy) is 1. The molecule has 146 valence electrons. The number of carbonyl (C=O) groups is 1. The van der Waals surface area contributed by atoms with E-state index in [0.29, 0.717) is 43.8 Å². The number of carbonyl (C=O) groups excluding carboxylic acids is 1. The number of hydrogen-bond donors (Lipinski definition) is 1. The molecule has 0 radical (unpaired) electrons. The Hall–Kier alpha value is -2.18. The maximum atomic E-state index is 13.5. The van der Waals surface area contributed by atoms with Gasteiger partial charge in [0.1, 0.15) is 11.6 Å². The van der Waals surface area contributed by atoms with Gasteiger partial charge in [0.2, 0.25) is 0 Å². The summed E-state index contributed by atoms with van der Waals surface area (Å²) in [5.41, 5.74) is 3.72. The molecule has 5 rings (SSSR count). The van der Waals surface area contributed by atoms with E-state index < -0.39 is 5.82 Å². The largest absolute Gasteiger partial charge is 0.378 e. The molecular weight excluding hydrogens is 381 g/mol. The molecule has 1 aromatic heterocycles. The summed E-state index contributed by atoms with van der Waals surface area (Å²) in [5.74, 6) is 1.19. The minimum Gasteiger partial charge on any atom is -0.378 e. The number of halogens is 2. The van der Waals surface area contributed by atoms with Gasteiger partial charge in [-0.25, -0.2) is 9.37 Å². The van der Waals surface area contributed by atoms with Crippen molar-refractivity contribution in [3.05, 3.63) is 51.9 Å². The van der Waals surface area contributed by atoms with Gasteiger partial charge in [0.25, 0.3) is 5.91 Å². The lowest BCUT2D eigenvalue weighted by Gasteiger charge is -2.29. The molecule has 2 bridgehead atoms. The first kappa shape index (κ1) is 17.9. The number of rotatable bonds is 3. The lowest BCUT2D eigenvalue weighted by Crippen LogP contribution is -2.41. The van der Waals surface area contributed by atoms with Crippen molar-refractivity contribution in [2.75, 3.05) is 31.6 Å². The first-order valence-electron chi connectivity index (χ1n) is 9.73. The predicted octanol–water partition coefficient (Wildman–Crippen LogP) is 4.45. The first-order chi connectivity index (χ1) is 13.6. The molecule has 2 aromatic rings. The van der Waals surface area contributed by atoms with Gasteiger partial charge < -0.3 is 15.0 Å². The van der Waals surface area contributed by atoms with Crippen molar-refractivity contribution in [1.29, 1.82) is 0 Å². The van der Waals surface area contributed by atoms with Crippen molar-refractivity contribution in [1.82, 2.24) is 9.88 Å². The third kappa shape index (κ3) is 2.95. The van der Waals surface area contributed by atoms with E-state index in [4.69, 9.17) is 16.3 Å². The Bertz CT molecular complexity index is 945. The zero-order valence-electron chi connectivity index (χ0n) is 15.4. The number of nitrogens with one attached hydrogen (secondary N) is 1. The summed E-state index contributed by atoms with van der Waals surface area (Å²) in [6.45, 7) is 2.41. The van der Waals surface area contributed by atoms with Gasteiger partial charge in [-0.3, -0.25) is 4.79 Å². The van der Waals surface area contributed by atoms with Gasteiger partial charge in [-0.1, -0.05) is 11.6 Å². The number of pyridine rings is 1. The fourth-order valence-corrected chi connectivity index (χ4v) is 5.00. The molecule has 1 aromatic carbocycles. The number of anilines is 2. The molecule has 2 fully saturated rings. The highest BCUT2D eigenvalue weighted by molar-refractivity contribution is 6.31. The van der Waals surface area contributed by atoms with Crippen LogP contribution in [0.1, 0.15) is 52.6 Å². The van der Waals surface area contributed by atoms with Crippen molar-refractivity contribution >= 4 is 29.0 Å². The van der Waals surface area contributed by atoms with Crippen LogP contribution in [0.25, 0.3) is 0 Å². The van der Waals surface area contributed by atoms with Crippen LogP contribution in [0.15, 0.2) is 24.4 Å². The summed E-state index contributed by atoms with van der Waals surface area (Å²) in [4.78, 5) is 19.6. The third-order valence-corrected chi connectivity index (χ3v) is 6.41. The highest BCUT2D eigenvalue weighted by Gasteiger charge is 2.42. The quantitative estimate of drug-likeness (QED) is 0.825. The molecule has 5 nitrogen and oxygen atoms in total. The maximum absolute atomic E-state index is 13.5. The van der Waals surface area contributed by atoms with Gasteiger partial charge in [0, 0.05) is 30.5 Å². The van der Waals surface area contributed by atoms with Crippen molar-refractivity contribution < 1.29 is 13.9 Å². The molecule has 2 aliphatic carbocycles. The number of fused-ring (bicyclic) bond motifs is 5. The van der Waals surface area contributed by atoms with Crippen molar-refractivity contribution in [3.63, 3.8) is 0 Å². The molecule has 7 heteroatoms. The van der Waals surface area contributed by atoms with E-state index in [2.05, 4.69) is 10.3 Å². The molecule has 2 heterocycles. The molecule has 2 unspecified atom stereocenters. The summed E-state index contributed by atoms with van der Waals surface area (Å²) >= 11 is 5.92. The van der Waals surface area contributed by atoms with Gasteiger partial charge in [-0.05, 0) is 54.9 Å². The standard InChI is InChI=1S/C21H21ClFN3O2/c22-16-10-14(3-4-17(16)23)25-20-19-13-2-1-12(9-13)18(19)15(11-24-20)21(27)26-5-7-28-8-6-26/h3-4,10-13H,1-2,5-9H2,(H,24,25). The Labute approximate surface area is 167 Å². The Balaban J connectivity index is 1.52. The van der Waals surface area contributed by atoms with Crippen molar-refractivity contribution in [2.45, 2.75) is 31.1 Å². The molecule has 1 saturated heterocycles. The topological polar surface area (TPSA) is 54.5 Å². The molecule has 2 atom stereocenters. The van der Waals surface area contributed by atoms with Crippen LogP contribution in [0.3, 0.4) is 0 Å². The Morgan fingerprint density at radius 1 is 1.21 bits per heavy atom. The zero-order chi connectivity index (χ0) is 19.3. The number of morpholine rings is 1. The molecule has 3 aliphatic rings. The SMILES string of the molecule is O=C(c1cnc(Nc2ccc(F)c(Cl)c2)c2c1C1CCC2C1)N1CCOCC1. The summed E-state index contributed by atoms with van der Waals surface area (Å²) in [7, 11) is 0. The van der Waals surface area contributed by atoms with E-state index >= 15 is 0 Å². The highest BCUT2D eigenvalue weighted by Crippen LogP contribution is 2.56. The van der Waals surface area contributed by atoms with Crippen LogP contribution in [0.4, 0.5) is 15.9 Å². The smallest absolute Gasteiger partial charge is 0.255 e. The van der Waals surface area contributed by atoms with E-state index in [0.717, 1.165) is 41.8 Å². The molecule has 1 saturated carbocycles. The van der Waals surface area contributed by atoms with Gasteiger partial charge >= 0.3 is 0 Å². The van der Waals surface area contributed by atoms with E-state index in [9.17, 15) is 9.18 Å². The van der Waals surface area contributed by atoms with Crippen LogP contribution in [0.2, 0.25) is 5.02 Å². The number of aromatic nitrogens is 1. The van der Waals surface area contributed by atoms with E-state index in [-0.39, 0.29) is 10.9 Å². The number of benzene rings is 1. The Morgan fingerprint density at radius 2 is 1.96 bits per heavy atom. The van der Waals surface area contributed by atoms with Crippen LogP contribution in [-0.2, 0) is 4.74 Å². The fraction of sp³-hybridized carbons (Fsp3) is 0.429. The van der Waals surface area contributed by atoms with Gasteiger partial charge in [-0.15, -0.1) is 0 Å². The lowest BCUT2D eigenvalue weighted by molar-refractivity contribution is 0.0301. The molecular formula is C21H21ClFN3O2. The summed E-state index contributed by atoms with van der Waals surface area (Å²) in [5, 5.41) is 3.37. The minimum atomic E-state index is -0.448. The molecule has 0 spiro atoms. The number of amides is 1. The van der Waals surface area contributed by atoms with Crippen LogP contribution in [0, 0.1) is 5.82 Å². The van der Waals surface area contributed by atoms with E-state index in [1.165, 1.54) is 6.07 Å². The highest BCUT2D eigenvalue weighted by atomic mass is 35.5. The summed E-state index contributed by atoms with van der Waals surface area (Å²) in [6, 6.07) is 4.55. The Kier molecular flexibility index (Phi) is 4.48. The monoisotopic (exact) mass is 401 g/mol. The van der Waals surface area contributed by atoms with E-state index in [1.807, 2.05) is 4.90 Å². The average molecular weight is 402 g/mol.